The second kappa shape index (κ2) is 15.8. The summed E-state index contributed by atoms with van der Waals surface area (Å²) in [5, 5.41) is 9.06. The van der Waals surface area contributed by atoms with Gasteiger partial charge in [0.25, 0.3) is 5.91 Å². The maximum atomic E-state index is 14.4. The van der Waals surface area contributed by atoms with E-state index in [1.807, 2.05) is 36.4 Å². The van der Waals surface area contributed by atoms with E-state index in [-0.39, 0.29) is 36.1 Å². The van der Waals surface area contributed by atoms with Crippen LogP contribution in [0.15, 0.2) is 113 Å². The molecule has 2 atom stereocenters. The van der Waals surface area contributed by atoms with Crippen LogP contribution in [0.5, 0.6) is 17.2 Å². The van der Waals surface area contributed by atoms with E-state index < -0.39 is 27.4 Å². The molecule has 252 valence electrons. The number of hydrogen-bond acceptors (Lipinski definition) is 10. The van der Waals surface area contributed by atoms with Gasteiger partial charge in [-0.3, -0.25) is 10.2 Å². The summed E-state index contributed by atoms with van der Waals surface area (Å²) in [5.41, 5.74) is 6.14. The molecule has 0 fully saturated rings. The standard InChI is InChI=1S/C36H39N3O8S/c1-44-31-19-14-26(24-32(31)45-2)25-37-39-35(41)36(20-23-48(42,43)30-12-7-4-8-13-30)33(27-10-5-3-6-11-27)47-34(38-36)28-15-17-29(18-16-28)46-22-9-21-40/h3-8,10-19,24,33,37,40H,9,20-23,25H2,1-2H3,(H,39,41)/t33-,36-/m0/s1. The van der Waals surface area contributed by atoms with Crippen LogP contribution in [0.25, 0.3) is 0 Å². The molecule has 0 aromatic heterocycles. The molecular weight excluding hydrogens is 634 g/mol. The van der Waals surface area contributed by atoms with Crippen molar-refractivity contribution < 1.29 is 37.3 Å². The molecule has 0 saturated carbocycles. The van der Waals surface area contributed by atoms with Crippen LogP contribution in [0, 0.1) is 0 Å². The normalized spacial score (nSPS) is 17.2. The third-order valence-electron chi connectivity index (χ3n) is 7.93. The lowest BCUT2D eigenvalue weighted by Gasteiger charge is -2.30. The highest BCUT2D eigenvalue weighted by Gasteiger charge is 2.53. The number of methoxy groups -OCH3 is 2. The minimum atomic E-state index is -3.79. The summed E-state index contributed by atoms with van der Waals surface area (Å²) in [6, 6.07) is 29.7. The monoisotopic (exact) mass is 673 g/mol. The Morgan fingerprint density at radius 2 is 1.60 bits per heavy atom. The summed E-state index contributed by atoms with van der Waals surface area (Å²) in [7, 11) is -0.692. The maximum absolute atomic E-state index is 14.4. The number of amides is 1. The predicted octanol–water partition coefficient (Wildman–Crippen LogP) is 4.41. The van der Waals surface area contributed by atoms with Crippen molar-refractivity contribution in [2.24, 2.45) is 4.99 Å². The number of carbonyl (C=O) groups excluding carboxylic acids is 1. The van der Waals surface area contributed by atoms with Crippen molar-refractivity contribution in [2.75, 3.05) is 33.2 Å². The smallest absolute Gasteiger partial charge is 0.266 e. The first-order chi connectivity index (χ1) is 23.3. The lowest BCUT2D eigenvalue weighted by atomic mass is 9.85. The number of nitrogens with one attached hydrogen (secondary N) is 2. The maximum Gasteiger partial charge on any atom is 0.266 e. The van der Waals surface area contributed by atoms with Gasteiger partial charge in [0.2, 0.25) is 5.90 Å². The van der Waals surface area contributed by atoms with Crippen molar-refractivity contribution in [1.29, 1.82) is 0 Å². The van der Waals surface area contributed by atoms with Crippen LogP contribution in [0.4, 0.5) is 0 Å². The average molecular weight is 674 g/mol. The van der Waals surface area contributed by atoms with Crippen molar-refractivity contribution >= 4 is 21.6 Å². The van der Waals surface area contributed by atoms with Crippen LogP contribution >= 0.6 is 0 Å². The Balaban J connectivity index is 1.48. The number of hydrogen-bond donors (Lipinski definition) is 3. The molecule has 0 aliphatic carbocycles. The van der Waals surface area contributed by atoms with Crippen LogP contribution < -0.4 is 25.1 Å². The summed E-state index contributed by atoms with van der Waals surface area (Å²) >= 11 is 0. The quantitative estimate of drug-likeness (QED) is 0.116. The molecule has 1 heterocycles. The van der Waals surface area contributed by atoms with Crippen LogP contribution in [0.2, 0.25) is 0 Å². The zero-order chi connectivity index (χ0) is 34.0. The lowest BCUT2D eigenvalue weighted by Crippen LogP contribution is -2.53. The molecular formula is C36H39N3O8S. The molecule has 1 aliphatic heterocycles. The van der Waals surface area contributed by atoms with Gasteiger partial charge in [-0.15, -0.1) is 0 Å². The third-order valence-corrected chi connectivity index (χ3v) is 9.66. The van der Waals surface area contributed by atoms with Crippen LogP contribution in [-0.2, 0) is 25.9 Å². The van der Waals surface area contributed by atoms with Gasteiger partial charge in [0.1, 0.15) is 5.75 Å². The molecule has 4 aromatic carbocycles. The van der Waals surface area contributed by atoms with Gasteiger partial charge in [0, 0.05) is 31.6 Å². The van der Waals surface area contributed by atoms with Gasteiger partial charge in [0.05, 0.1) is 31.5 Å². The van der Waals surface area contributed by atoms with E-state index >= 15 is 0 Å². The van der Waals surface area contributed by atoms with Gasteiger partial charge < -0.3 is 24.1 Å². The van der Waals surface area contributed by atoms with E-state index in [0.717, 1.165) is 5.56 Å². The van der Waals surface area contributed by atoms with E-state index in [9.17, 15) is 13.2 Å². The molecule has 48 heavy (non-hydrogen) atoms. The second-order valence-electron chi connectivity index (χ2n) is 11.1. The molecule has 0 spiro atoms. The van der Waals surface area contributed by atoms with Gasteiger partial charge in [-0.2, -0.15) is 0 Å². The van der Waals surface area contributed by atoms with Crippen molar-refractivity contribution in [2.45, 2.75) is 35.9 Å². The fourth-order valence-electron chi connectivity index (χ4n) is 5.36. The SMILES string of the molecule is COc1ccc(CNNC(=O)[C@@]2(CCS(=O)(=O)c3ccccc3)N=C(c3ccc(OCCCO)cc3)O[C@H]2c2ccccc2)cc1OC. The fraction of sp³-hybridized carbons (Fsp3) is 0.278. The number of nitrogens with zero attached hydrogens (tertiary/aromatic N) is 1. The number of hydrazine groups is 1. The molecule has 0 unspecified atom stereocenters. The third kappa shape index (κ3) is 7.96. The number of sulfone groups is 1. The van der Waals surface area contributed by atoms with Crippen LogP contribution in [-0.4, -0.2) is 64.1 Å². The fourth-order valence-corrected chi connectivity index (χ4v) is 6.75. The molecule has 1 aliphatic rings. The molecule has 4 aromatic rings. The Kier molecular flexibility index (Phi) is 11.3. The molecule has 11 nitrogen and oxygen atoms in total. The zero-order valence-corrected chi connectivity index (χ0v) is 27.6. The highest BCUT2D eigenvalue weighted by atomic mass is 32.2. The lowest BCUT2D eigenvalue weighted by molar-refractivity contribution is -0.130. The highest BCUT2D eigenvalue weighted by molar-refractivity contribution is 7.91. The Hall–Kier alpha value is -4.91. The first-order valence-corrected chi connectivity index (χ1v) is 17.1. The molecule has 0 bridgehead atoms. The van der Waals surface area contributed by atoms with E-state index in [4.69, 9.17) is 29.0 Å². The number of aliphatic hydroxyl groups excluding tert-OH is 1. The summed E-state index contributed by atoms with van der Waals surface area (Å²) in [5.74, 6) is 0.989. The zero-order valence-electron chi connectivity index (χ0n) is 26.8. The molecule has 3 N–H and O–H groups in total. The van der Waals surface area contributed by atoms with Gasteiger partial charge in [-0.1, -0.05) is 54.6 Å². The van der Waals surface area contributed by atoms with E-state index in [1.165, 1.54) is 12.1 Å². The van der Waals surface area contributed by atoms with Crippen LogP contribution in [0.1, 0.15) is 35.6 Å². The Bertz CT molecular complexity index is 1800. The summed E-state index contributed by atoms with van der Waals surface area (Å²) < 4.78 is 49.9. The summed E-state index contributed by atoms with van der Waals surface area (Å²) in [4.78, 5) is 19.4. The van der Waals surface area contributed by atoms with Gasteiger partial charge in [-0.05, 0) is 59.7 Å². The number of rotatable bonds is 16. The number of benzene rings is 4. The number of ether oxygens (including phenoxy) is 4. The van der Waals surface area contributed by atoms with Crippen molar-refractivity contribution in [3.05, 3.63) is 120 Å². The molecule has 1 amide bonds. The summed E-state index contributed by atoms with van der Waals surface area (Å²) in [6.07, 6.45) is -0.609. The van der Waals surface area contributed by atoms with E-state index in [2.05, 4.69) is 10.9 Å². The topological polar surface area (TPSA) is 145 Å². The van der Waals surface area contributed by atoms with Crippen molar-refractivity contribution in [3.8, 4) is 17.2 Å². The van der Waals surface area contributed by atoms with Gasteiger partial charge in [0.15, 0.2) is 33.0 Å². The Morgan fingerprint density at radius 1 is 0.917 bits per heavy atom. The molecule has 12 heteroatoms. The Morgan fingerprint density at radius 3 is 2.27 bits per heavy atom. The predicted molar refractivity (Wildman–Crippen MR) is 181 cm³/mol. The second-order valence-corrected chi connectivity index (χ2v) is 13.2. The number of aliphatic imine (C=N–C) groups is 1. The summed E-state index contributed by atoms with van der Waals surface area (Å²) in [6.45, 7) is 0.616. The number of carbonyl (C=O) groups is 1. The molecule has 5 rings (SSSR count). The minimum absolute atomic E-state index is 0.0247. The van der Waals surface area contributed by atoms with E-state index in [0.29, 0.717) is 41.4 Å². The van der Waals surface area contributed by atoms with E-state index in [1.54, 1.807) is 68.8 Å². The first kappa shape index (κ1) is 34.4. The highest BCUT2D eigenvalue weighted by Crippen LogP contribution is 2.43. The largest absolute Gasteiger partial charge is 0.494 e. The van der Waals surface area contributed by atoms with Gasteiger partial charge >= 0.3 is 0 Å². The average Bonchev–Trinajstić information content (AvgIpc) is 3.53. The van der Waals surface area contributed by atoms with Crippen LogP contribution in [0.3, 0.4) is 0 Å². The minimum Gasteiger partial charge on any atom is -0.494 e. The van der Waals surface area contributed by atoms with Gasteiger partial charge in [-0.25, -0.2) is 18.8 Å². The molecule has 0 radical (unpaired) electrons. The Labute approximate surface area is 280 Å². The first-order valence-electron chi connectivity index (χ1n) is 15.5. The van der Waals surface area contributed by atoms with Crippen molar-refractivity contribution in [3.63, 3.8) is 0 Å². The van der Waals surface area contributed by atoms with Crippen molar-refractivity contribution in [1.82, 2.24) is 10.9 Å². The molecule has 0 saturated heterocycles. The number of aliphatic hydroxyl groups is 1.